The maximum absolute atomic E-state index is 5.61. The van der Waals surface area contributed by atoms with Gasteiger partial charge in [-0.05, 0) is 37.0 Å². The van der Waals surface area contributed by atoms with E-state index >= 15 is 0 Å². The van der Waals surface area contributed by atoms with Gasteiger partial charge in [0.25, 0.3) is 0 Å². The Kier molecular flexibility index (Phi) is 5.13. The van der Waals surface area contributed by atoms with E-state index in [9.17, 15) is 0 Å². The van der Waals surface area contributed by atoms with Gasteiger partial charge in [0.1, 0.15) is 5.75 Å². The van der Waals surface area contributed by atoms with E-state index in [-0.39, 0.29) is 0 Å². The van der Waals surface area contributed by atoms with Crippen LogP contribution in [0.2, 0.25) is 0 Å². The van der Waals surface area contributed by atoms with Crippen LogP contribution in [0.5, 0.6) is 5.75 Å². The molecule has 14 heavy (non-hydrogen) atoms. The SMILES string of the molecule is [CH2]CCc1cccc(OCCCC)c1. The minimum absolute atomic E-state index is 0.824. The standard InChI is InChI=1S/C13H19O/c1-3-5-10-14-13-9-6-8-12(11-13)7-4-2/h6,8-9,11H,2-5,7,10H2,1H3. The maximum atomic E-state index is 5.61. The second kappa shape index (κ2) is 6.47. The third kappa shape index (κ3) is 3.82. The second-order valence-electron chi connectivity index (χ2n) is 3.45. The number of hydrogen-bond donors (Lipinski definition) is 0. The van der Waals surface area contributed by atoms with Crippen molar-refractivity contribution >= 4 is 0 Å². The van der Waals surface area contributed by atoms with Gasteiger partial charge in [0.2, 0.25) is 0 Å². The first-order valence-electron chi connectivity index (χ1n) is 5.37. The molecule has 0 heterocycles. The molecule has 1 radical (unpaired) electrons. The summed E-state index contributed by atoms with van der Waals surface area (Å²) >= 11 is 0. The molecule has 0 aromatic heterocycles. The quantitative estimate of drug-likeness (QED) is 0.624. The summed E-state index contributed by atoms with van der Waals surface area (Å²) in [5.74, 6) is 0.990. The van der Waals surface area contributed by atoms with E-state index in [4.69, 9.17) is 4.74 Å². The van der Waals surface area contributed by atoms with Gasteiger partial charge in [-0.3, -0.25) is 0 Å². The van der Waals surface area contributed by atoms with E-state index < -0.39 is 0 Å². The van der Waals surface area contributed by atoms with E-state index in [2.05, 4.69) is 26.0 Å². The van der Waals surface area contributed by atoms with Gasteiger partial charge in [0, 0.05) is 0 Å². The first-order valence-corrected chi connectivity index (χ1v) is 5.37. The van der Waals surface area contributed by atoms with Gasteiger partial charge >= 0.3 is 0 Å². The molecule has 1 nitrogen and oxygen atoms in total. The summed E-state index contributed by atoms with van der Waals surface area (Å²) < 4.78 is 5.61. The smallest absolute Gasteiger partial charge is 0.119 e. The average molecular weight is 191 g/mol. The highest BCUT2D eigenvalue weighted by Gasteiger charge is 1.95. The lowest BCUT2D eigenvalue weighted by Gasteiger charge is -2.06. The lowest BCUT2D eigenvalue weighted by molar-refractivity contribution is 0.309. The summed E-state index contributed by atoms with van der Waals surface area (Å²) in [6, 6.07) is 8.30. The van der Waals surface area contributed by atoms with Gasteiger partial charge in [0.15, 0.2) is 0 Å². The van der Waals surface area contributed by atoms with Crippen molar-refractivity contribution < 1.29 is 4.74 Å². The van der Waals surface area contributed by atoms with E-state index in [1.165, 1.54) is 12.0 Å². The molecule has 0 atom stereocenters. The molecule has 0 unspecified atom stereocenters. The van der Waals surface area contributed by atoms with Crippen molar-refractivity contribution in [1.29, 1.82) is 0 Å². The van der Waals surface area contributed by atoms with E-state index in [1.54, 1.807) is 0 Å². The Morgan fingerprint density at radius 2 is 2.21 bits per heavy atom. The first kappa shape index (κ1) is 11.1. The Morgan fingerprint density at radius 1 is 1.36 bits per heavy atom. The van der Waals surface area contributed by atoms with Crippen LogP contribution < -0.4 is 4.74 Å². The number of ether oxygens (including phenoxy) is 1. The van der Waals surface area contributed by atoms with Gasteiger partial charge in [-0.1, -0.05) is 32.4 Å². The van der Waals surface area contributed by atoms with Crippen LogP contribution in [0.25, 0.3) is 0 Å². The van der Waals surface area contributed by atoms with Crippen LogP contribution in [0.3, 0.4) is 0 Å². The highest BCUT2D eigenvalue weighted by atomic mass is 16.5. The fourth-order valence-electron chi connectivity index (χ4n) is 1.33. The van der Waals surface area contributed by atoms with Crippen molar-refractivity contribution in [3.8, 4) is 5.75 Å². The molecule has 77 valence electrons. The second-order valence-corrected chi connectivity index (χ2v) is 3.45. The number of hydrogen-bond acceptors (Lipinski definition) is 1. The molecule has 1 aromatic carbocycles. The molecule has 1 rings (SSSR count). The Labute approximate surface area is 87.1 Å². The summed E-state index contributed by atoms with van der Waals surface area (Å²) in [6.45, 7) is 6.84. The van der Waals surface area contributed by atoms with Gasteiger partial charge < -0.3 is 4.74 Å². The Bertz CT molecular complexity index is 255. The van der Waals surface area contributed by atoms with Crippen molar-refractivity contribution in [1.82, 2.24) is 0 Å². The van der Waals surface area contributed by atoms with Gasteiger partial charge in [-0.2, -0.15) is 0 Å². The van der Waals surface area contributed by atoms with Crippen molar-refractivity contribution in [2.75, 3.05) is 6.61 Å². The van der Waals surface area contributed by atoms with Crippen LogP contribution in [0.15, 0.2) is 24.3 Å². The van der Waals surface area contributed by atoms with Gasteiger partial charge in [-0.25, -0.2) is 0 Å². The van der Waals surface area contributed by atoms with Crippen LogP contribution in [0.4, 0.5) is 0 Å². The van der Waals surface area contributed by atoms with Crippen LogP contribution >= 0.6 is 0 Å². The highest BCUT2D eigenvalue weighted by molar-refractivity contribution is 5.28. The Balaban J connectivity index is 2.46. The van der Waals surface area contributed by atoms with E-state index in [1.807, 2.05) is 12.1 Å². The number of unbranched alkanes of at least 4 members (excludes halogenated alkanes) is 1. The normalized spacial score (nSPS) is 10.1. The molecule has 0 saturated heterocycles. The topological polar surface area (TPSA) is 9.23 Å². The van der Waals surface area contributed by atoms with Crippen molar-refractivity contribution in [3.05, 3.63) is 36.8 Å². The zero-order valence-corrected chi connectivity index (χ0v) is 8.96. The summed E-state index contributed by atoms with van der Waals surface area (Å²) in [5.41, 5.74) is 1.31. The molecule has 0 aliphatic heterocycles. The van der Waals surface area contributed by atoms with E-state index in [0.717, 1.165) is 31.6 Å². The number of aryl methyl sites for hydroxylation is 1. The van der Waals surface area contributed by atoms with Crippen molar-refractivity contribution in [2.24, 2.45) is 0 Å². The third-order valence-electron chi connectivity index (χ3n) is 2.13. The van der Waals surface area contributed by atoms with Crippen molar-refractivity contribution in [2.45, 2.75) is 32.6 Å². The summed E-state index contributed by atoms with van der Waals surface area (Å²) in [4.78, 5) is 0. The average Bonchev–Trinajstić information content (AvgIpc) is 2.19. The van der Waals surface area contributed by atoms with Gasteiger partial charge in [0.05, 0.1) is 6.61 Å². The minimum Gasteiger partial charge on any atom is -0.494 e. The molecule has 0 bridgehead atoms. The zero-order chi connectivity index (χ0) is 10.2. The van der Waals surface area contributed by atoms with Crippen LogP contribution in [0.1, 0.15) is 31.7 Å². The molecule has 0 N–H and O–H groups in total. The lowest BCUT2D eigenvalue weighted by atomic mass is 10.1. The maximum Gasteiger partial charge on any atom is 0.119 e. The molecule has 0 spiro atoms. The van der Waals surface area contributed by atoms with Crippen molar-refractivity contribution in [3.63, 3.8) is 0 Å². The van der Waals surface area contributed by atoms with Crippen LogP contribution in [-0.2, 0) is 6.42 Å². The first-order chi connectivity index (χ1) is 6.86. The molecule has 1 aromatic rings. The summed E-state index contributed by atoms with van der Waals surface area (Å²) in [6.07, 6.45) is 4.28. The highest BCUT2D eigenvalue weighted by Crippen LogP contribution is 2.14. The summed E-state index contributed by atoms with van der Waals surface area (Å²) in [5, 5.41) is 0. The fraction of sp³-hybridized carbons (Fsp3) is 0.462. The largest absolute Gasteiger partial charge is 0.494 e. The number of rotatable bonds is 6. The predicted octanol–water partition coefficient (Wildman–Crippen LogP) is 3.63. The zero-order valence-electron chi connectivity index (χ0n) is 8.96. The molecule has 0 amide bonds. The predicted molar refractivity (Wildman–Crippen MR) is 60.5 cm³/mol. The Morgan fingerprint density at radius 3 is 2.93 bits per heavy atom. The third-order valence-corrected chi connectivity index (χ3v) is 2.13. The lowest BCUT2D eigenvalue weighted by Crippen LogP contribution is -1.96. The number of benzene rings is 1. The fourth-order valence-corrected chi connectivity index (χ4v) is 1.33. The summed E-state index contributed by atoms with van der Waals surface area (Å²) in [7, 11) is 0. The Hall–Kier alpha value is -0.980. The van der Waals surface area contributed by atoms with E-state index in [0.29, 0.717) is 0 Å². The molecule has 0 fully saturated rings. The molecular formula is C13H19O. The van der Waals surface area contributed by atoms with Crippen LogP contribution in [-0.4, -0.2) is 6.61 Å². The van der Waals surface area contributed by atoms with Crippen LogP contribution in [0, 0.1) is 6.92 Å². The molecular weight excluding hydrogens is 172 g/mol. The minimum atomic E-state index is 0.824. The molecule has 1 heteroatoms. The monoisotopic (exact) mass is 191 g/mol. The molecule has 0 aliphatic rings. The molecule has 0 saturated carbocycles. The van der Waals surface area contributed by atoms with Gasteiger partial charge in [-0.15, -0.1) is 0 Å². The molecule has 0 aliphatic carbocycles.